The largest absolute Gasteiger partial charge is 0.329 e. The number of nitrogens with zero attached hydrogens (tertiary/aromatic N) is 1. The Morgan fingerprint density at radius 1 is 1.55 bits per heavy atom. The minimum Gasteiger partial charge on any atom is -0.329 e. The summed E-state index contributed by atoms with van der Waals surface area (Å²) in [5, 5.41) is 0. The van der Waals surface area contributed by atoms with E-state index in [1.54, 1.807) is 0 Å². The van der Waals surface area contributed by atoms with Crippen molar-refractivity contribution in [2.24, 2.45) is 17.6 Å². The van der Waals surface area contributed by atoms with E-state index in [0.29, 0.717) is 6.04 Å². The number of rotatable bonds is 2. The molecule has 1 heterocycles. The number of hydrogen-bond acceptors (Lipinski definition) is 2. The van der Waals surface area contributed by atoms with Crippen molar-refractivity contribution in [2.75, 3.05) is 20.1 Å². The van der Waals surface area contributed by atoms with Crippen LogP contribution >= 0.6 is 0 Å². The quantitative estimate of drug-likeness (QED) is 0.644. The van der Waals surface area contributed by atoms with Gasteiger partial charge in [0.25, 0.3) is 0 Å². The van der Waals surface area contributed by atoms with Crippen LogP contribution in [0.3, 0.4) is 0 Å². The van der Waals surface area contributed by atoms with E-state index in [-0.39, 0.29) is 0 Å². The number of nitrogens with two attached hydrogens (primary N) is 1. The number of likely N-dealkylation sites (tertiary alicyclic amines) is 1. The first-order valence-electron chi connectivity index (χ1n) is 4.55. The topological polar surface area (TPSA) is 29.3 Å². The monoisotopic (exact) mass is 156 g/mol. The third-order valence-electron chi connectivity index (χ3n) is 2.94. The molecule has 2 atom stereocenters. The van der Waals surface area contributed by atoms with Gasteiger partial charge in [-0.05, 0) is 25.3 Å². The van der Waals surface area contributed by atoms with Crippen LogP contribution in [0.1, 0.15) is 20.3 Å². The molecule has 0 amide bonds. The molecule has 11 heavy (non-hydrogen) atoms. The van der Waals surface area contributed by atoms with Gasteiger partial charge >= 0.3 is 0 Å². The van der Waals surface area contributed by atoms with Crippen LogP contribution in [0, 0.1) is 11.8 Å². The minimum absolute atomic E-state index is 0.641. The van der Waals surface area contributed by atoms with E-state index in [2.05, 4.69) is 25.8 Å². The maximum absolute atomic E-state index is 5.64. The maximum Gasteiger partial charge on any atom is 0.0218 e. The zero-order valence-corrected chi connectivity index (χ0v) is 7.88. The second-order valence-corrected chi connectivity index (χ2v) is 4.07. The van der Waals surface area contributed by atoms with E-state index in [9.17, 15) is 0 Å². The van der Waals surface area contributed by atoms with Gasteiger partial charge in [-0.15, -0.1) is 0 Å². The summed E-state index contributed by atoms with van der Waals surface area (Å²) in [5.74, 6) is 1.68. The van der Waals surface area contributed by atoms with Crippen LogP contribution in [-0.4, -0.2) is 31.1 Å². The molecule has 2 heteroatoms. The molecule has 1 saturated heterocycles. The van der Waals surface area contributed by atoms with Gasteiger partial charge in [0.2, 0.25) is 0 Å². The van der Waals surface area contributed by atoms with E-state index < -0.39 is 0 Å². The minimum atomic E-state index is 0.641. The fourth-order valence-electron chi connectivity index (χ4n) is 1.88. The van der Waals surface area contributed by atoms with E-state index in [4.69, 9.17) is 5.73 Å². The number of likely N-dealkylation sites (N-methyl/N-ethyl adjacent to an activating group) is 1. The highest BCUT2D eigenvalue weighted by Crippen LogP contribution is 2.26. The molecule has 0 radical (unpaired) electrons. The Hall–Kier alpha value is -0.0800. The second kappa shape index (κ2) is 3.55. The standard InChI is InChI=1S/C9H20N2/c1-7(2)8-4-9(5-10)11(3)6-8/h7-9H,4-6,10H2,1-3H3. The maximum atomic E-state index is 5.64. The Kier molecular flexibility index (Phi) is 2.90. The van der Waals surface area contributed by atoms with Gasteiger partial charge in [0, 0.05) is 19.1 Å². The van der Waals surface area contributed by atoms with E-state index >= 15 is 0 Å². The molecule has 0 aliphatic carbocycles. The van der Waals surface area contributed by atoms with Crippen LogP contribution in [-0.2, 0) is 0 Å². The summed E-state index contributed by atoms with van der Waals surface area (Å²) in [6, 6.07) is 0.641. The highest BCUT2D eigenvalue weighted by atomic mass is 15.2. The highest BCUT2D eigenvalue weighted by molar-refractivity contribution is 4.84. The molecule has 1 aliphatic heterocycles. The van der Waals surface area contributed by atoms with Crippen LogP contribution in [0.5, 0.6) is 0 Å². The lowest BCUT2D eigenvalue weighted by molar-refractivity contribution is 0.306. The summed E-state index contributed by atoms with van der Waals surface area (Å²) in [5.41, 5.74) is 5.64. The summed E-state index contributed by atoms with van der Waals surface area (Å²) in [7, 11) is 2.18. The SMILES string of the molecule is CC(C)C1CC(CN)N(C)C1. The Morgan fingerprint density at radius 3 is 2.45 bits per heavy atom. The van der Waals surface area contributed by atoms with Gasteiger partial charge in [0.1, 0.15) is 0 Å². The van der Waals surface area contributed by atoms with Gasteiger partial charge < -0.3 is 10.6 Å². The second-order valence-electron chi connectivity index (χ2n) is 4.07. The molecule has 2 N–H and O–H groups in total. The summed E-state index contributed by atoms with van der Waals surface area (Å²) in [6.45, 7) is 6.66. The Labute approximate surface area is 69.8 Å². The lowest BCUT2D eigenvalue weighted by Gasteiger charge is -2.16. The van der Waals surface area contributed by atoms with Gasteiger partial charge in [-0.25, -0.2) is 0 Å². The summed E-state index contributed by atoms with van der Waals surface area (Å²) >= 11 is 0. The van der Waals surface area contributed by atoms with Crippen molar-refractivity contribution in [1.82, 2.24) is 4.90 Å². The van der Waals surface area contributed by atoms with Crippen molar-refractivity contribution in [3.8, 4) is 0 Å². The van der Waals surface area contributed by atoms with Gasteiger partial charge in [0.15, 0.2) is 0 Å². The third kappa shape index (κ3) is 1.94. The molecule has 0 bridgehead atoms. The van der Waals surface area contributed by atoms with E-state index in [1.165, 1.54) is 13.0 Å². The zero-order chi connectivity index (χ0) is 8.43. The fraction of sp³-hybridized carbons (Fsp3) is 1.00. The molecule has 1 rings (SSSR count). The molecule has 0 saturated carbocycles. The molecular weight excluding hydrogens is 136 g/mol. The molecule has 0 aromatic rings. The van der Waals surface area contributed by atoms with Crippen molar-refractivity contribution >= 4 is 0 Å². The van der Waals surface area contributed by atoms with Crippen molar-refractivity contribution in [3.05, 3.63) is 0 Å². The van der Waals surface area contributed by atoms with Crippen LogP contribution in [0.25, 0.3) is 0 Å². The van der Waals surface area contributed by atoms with Crippen molar-refractivity contribution in [3.63, 3.8) is 0 Å². The fourth-order valence-corrected chi connectivity index (χ4v) is 1.88. The third-order valence-corrected chi connectivity index (χ3v) is 2.94. The van der Waals surface area contributed by atoms with Crippen molar-refractivity contribution in [1.29, 1.82) is 0 Å². The van der Waals surface area contributed by atoms with Crippen LogP contribution in [0.15, 0.2) is 0 Å². The van der Waals surface area contributed by atoms with Gasteiger partial charge in [-0.1, -0.05) is 13.8 Å². The molecule has 1 aliphatic rings. The van der Waals surface area contributed by atoms with Gasteiger partial charge in [-0.2, -0.15) is 0 Å². The van der Waals surface area contributed by atoms with Crippen LogP contribution in [0.4, 0.5) is 0 Å². The number of hydrogen-bond donors (Lipinski definition) is 1. The van der Waals surface area contributed by atoms with Crippen LogP contribution < -0.4 is 5.73 Å². The molecule has 2 unspecified atom stereocenters. The Balaban J connectivity index is 2.43. The van der Waals surface area contributed by atoms with Gasteiger partial charge in [-0.3, -0.25) is 0 Å². The Morgan fingerprint density at radius 2 is 2.18 bits per heavy atom. The van der Waals surface area contributed by atoms with Crippen LogP contribution in [0.2, 0.25) is 0 Å². The molecule has 1 fully saturated rings. The highest BCUT2D eigenvalue weighted by Gasteiger charge is 2.29. The molecule has 0 aromatic carbocycles. The lowest BCUT2D eigenvalue weighted by Crippen LogP contribution is -2.31. The van der Waals surface area contributed by atoms with Crippen molar-refractivity contribution < 1.29 is 0 Å². The first-order chi connectivity index (χ1) is 5.15. The van der Waals surface area contributed by atoms with Crippen molar-refractivity contribution in [2.45, 2.75) is 26.3 Å². The first-order valence-corrected chi connectivity index (χ1v) is 4.55. The molecule has 0 spiro atoms. The smallest absolute Gasteiger partial charge is 0.0218 e. The average molecular weight is 156 g/mol. The molecule has 66 valence electrons. The molecule has 0 aromatic heterocycles. The summed E-state index contributed by atoms with van der Waals surface area (Å²) in [6.07, 6.45) is 1.30. The molecule has 2 nitrogen and oxygen atoms in total. The summed E-state index contributed by atoms with van der Waals surface area (Å²) < 4.78 is 0. The predicted molar refractivity (Wildman–Crippen MR) is 48.4 cm³/mol. The normalized spacial score (nSPS) is 33.5. The van der Waals surface area contributed by atoms with E-state index in [1.807, 2.05) is 0 Å². The lowest BCUT2D eigenvalue weighted by atomic mass is 9.93. The predicted octanol–water partition coefficient (Wildman–Crippen LogP) is 0.921. The first kappa shape index (κ1) is 9.01. The average Bonchev–Trinajstić information content (AvgIpc) is 2.31. The zero-order valence-electron chi connectivity index (χ0n) is 7.88. The Bertz CT molecular complexity index is 123. The van der Waals surface area contributed by atoms with Gasteiger partial charge in [0.05, 0.1) is 0 Å². The molecular formula is C9H20N2. The van der Waals surface area contributed by atoms with E-state index in [0.717, 1.165) is 18.4 Å². The summed E-state index contributed by atoms with van der Waals surface area (Å²) in [4.78, 5) is 2.39.